The lowest BCUT2D eigenvalue weighted by atomic mass is 10.0. The van der Waals surface area contributed by atoms with Gasteiger partial charge in [-0.2, -0.15) is 0 Å². The van der Waals surface area contributed by atoms with Crippen LogP contribution >= 0.6 is 0 Å². The molecule has 0 amide bonds. The zero-order valence-electron chi connectivity index (χ0n) is 24.7. The quantitative estimate of drug-likeness (QED) is 0.165. The number of aliphatic hydroxyl groups excluding tert-OH is 1. The van der Waals surface area contributed by atoms with Gasteiger partial charge in [0.1, 0.15) is 0 Å². The van der Waals surface area contributed by atoms with E-state index in [1.165, 1.54) is 68.2 Å². The van der Waals surface area contributed by atoms with Crippen molar-refractivity contribution in [2.45, 2.75) is 135 Å². The molecule has 1 N–H and O–H groups in total. The minimum absolute atomic E-state index is 0.0390. The molecular formula is C34H54O3Si. The summed E-state index contributed by atoms with van der Waals surface area (Å²) in [5.74, 6) is 0. The molecule has 4 heteroatoms. The summed E-state index contributed by atoms with van der Waals surface area (Å²) in [5, 5.41) is 13.4. The molecule has 212 valence electrons. The summed E-state index contributed by atoms with van der Waals surface area (Å²) in [6.45, 7) is 9.79. The van der Waals surface area contributed by atoms with Crippen LogP contribution in [-0.2, 0) is 9.16 Å². The van der Waals surface area contributed by atoms with E-state index in [1.54, 1.807) is 0 Å². The molecule has 1 fully saturated rings. The van der Waals surface area contributed by atoms with Gasteiger partial charge in [0, 0.05) is 0 Å². The maximum Gasteiger partial charge on any atom is 0.261 e. The molecule has 1 aliphatic rings. The Bertz CT molecular complexity index is 840. The molecule has 0 radical (unpaired) electrons. The average Bonchev–Trinajstić information content (AvgIpc) is 3.40. The van der Waals surface area contributed by atoms with Gasteiger partial charge in [-0.05, 0) is 34.7 Å². The number of hydrogen-bond acceptors (Lipinski definition) is 3. The number of aliphatic hydroxyl groups is 1. The van der Waals surface area contributed by atoms with Gasteiger partial charge in [0.05, 0.1) is 24.9 Å². The summed E-state index contributed by atoms with van der Waals surface area (Å²) in [7, 11) is -2.56. The fourth-order valence-corrected chi connectivity index (χ4v) is 10.7. The third-order valence-electron chi connectivity index (χ3n) is 8.33. The summed E-state index contributed by atoms with van der Waals surface area (Å²) in [4.78, 5) is 0. The Kier molecular flexibility index (Phi) is 13.0. The Hall–Kier alpha value is -1.46. The molecule has 1 aliphatic heterocycles. The Balaban J connectivity index is 1.48. The van der Waals surface area contributed by atoms with Gasteiger partial charge < -0.3 is 14.3 Å². The van der Waals surface area contributed by atoms with Crippen LogP contribution in [-0.4, -0.2) is 38.3 Å². The van der Waals surface area contributed by atoms with Crippen LogP contribution in [0.25, 0.3) is 0 Å². The smallest absolute Gasteiger partial charge is 0.261 e. The summed E-state index contributed by atoms with van der Waals surface area (Å²) in [5.41, 5.74) is 0. The van der Waals surface area contributed by atoms with Gasteiger partial charge in [0.25, 0.3) is 8.32 Å². The molecule has 1 saturated heterocycles. The van der Waals surface area contributed by atoms with Gasteiger partial charge in [-0.15, -0.1) is 0 Å². The number of benzene rings is 2. The molecular weight excluding hydrogens is 484 g/mol. The highest BCUT2D eigenvalue weighted by Crippen LogP contribution is 2.37. The molecule has 1 heterocycles. The second kappa shape index (κ2) is 16.0. The summed E-state index contributed by atoms with van der Waals surface area (Å²) >= 11 is 0. The molecule has 3 rings (SSSR count). The first-order chi connectivity index (χ1) is 18.4. The van der Waals surface area contributed by atoms with E-state index in [9.17, 15) is 5.11 Å². The van der Waals surface area contributed by atoms with E-state index in [0.717, 1.165) is 25.7 Å². The maximum atomic E-state index is 10.8. The molecule has 0 bridgehead atoms. The average molecular weight is 539 g/mol. The van der Waals surface area contributed by atoms with Crippen LogP contribution in [0.4, 0.5) is 0 Å². The standard InChI is InChI=1S/C34H54O3Si/c1-5-6-7-8-9-10-11-12-13-20-25-32(35)33-27-26-29(37-33)28-36-38(34(2,3)4,30-21-16-14-17-22-30)31-23-18-15-19-24-31/h14-19,21-24,29,32-33,35H,5-13,20,25-28H2,1-4H3/t29-,32-,33-/m1/s1. The largest absolute Gasteiger partial charge is 0.405 e. The van der Waals surface area contributed by atoms with E-state index in [1.807, 2.05) is 0 Å². The Morgan fingerprint density at radius 2 is 1.29 bits per heavy atom. The van der Waals surface area contributed by atoms with Crippen LogP contribution in [0, 0.1) is 0 Å². The van der Waals surface area contributed by atoms with Crippen molar-refractivity contribution in [3.05, 3.63) is 60.7 Å². The Labute approximate surface area is 234 Å². The molecule has 2 aromatic carbocycles. The topological polar surface area (TPSA) is 38.7 Å². The van der Waals surface area contributed by atoms with Crippen LogP contribution in [0.1, 0.15) is 111 Å². The second-order valence-corrected chi connectivity index (χ2v) is 16.7. The zero-order valence-corrected chi connectivity index (χ0v) is 25.7. The van der Waals surface area contributed by atoms with Crippen molar-refractivity contribution in [3.63, 3.8) is 0 Å². The van der Waals surface area contributed by atoms with E-state index in [0.29, 0.717) is 6.61 Å². The zero-order chi connectivity index (χ0) is 27.3. The molecule has 2 aromatic rings. The first-order valence-corrected chi connectivity index (χ1v) is 17.4. The molecule has 3 atom stereocenters. The van der Waals surface area contributed by atoms with Gasteiger partial charge in [-0.25, -0.2) is 0 Å². The van der Waals surface area contributed by atoms with E-state index in [-0.39, 0.29) is 23.4 Å². The van der Waals surface area contributed by atoms with Crippen LogP contribution in [0.15, 0.2) is 60.7 Å². The summed E-state index contributed by atoms with van der Waals surface area (Å²) in [6.07, 6.45) is 15.6. The monoisotopic (exact) mass is 538 g/mol. The highest BCUT2D eigenvalue weighted by Gasteiger charge is 2.50. The molecule has 0 aliphatic carbocycles. The van der Waals surface area contributed by atoms with E-state index < -0.39 is 8.32 Å². The maximum absolute atomic E-state index is 10.8. The van der Waals surface area contributed by atoms with Crippen LogP contribution in [0.3, 0.4) is 0 Å². The lowest BCUT2D eigenvalue weighted by molar-refractivity contribution is -0.0496. The number of unbranched alkanes of at least 4 members (excludes halogenated alkanes) is 9. The van der Waals surface area contributed by atoms with Crippen molar-refractivity contribution in [3.8, 4) is 0 Å². The van der Waals surface area contributed by atoms with Crippen LogP contribution in [0.2, 0.25) is 5.04 Å². The predicted octanol–water partition coefficient (Wildman–Crippen LogP) is 7.78. The summed E-state index contributed by atoms with van der Waals surface area (Å²) in [6, 6.07) is 21.6. The van der Waals surface area contributed by atoms with Gasteiger partial charge in [0.2, 0.25) is 0 Å². The fraction of sp³-hybridized carbons (Fsp3) is 0.647. The lowest BCUT2D eigenvalue weighted by Gasteiger charge is -2.43. The lowest BCUT2D eigenvalue weighted by Crippen LogP contribution is -2.67. The van der Waals surface area contributed by atoms with E-state index >= 15 is 0 Å². The molecule has 0 spiro atoms. The minimum Gasteiger partial charge on any atom is -0.405 e. The fourth-order valence-electron chi connectivity index (χ4n) is 6.15. The van der Waals surface area contributed by atoms with Crippen molar-refractivity contribution in [1.29, 1.82) is 0 Å². The van der Waals surface area contributed by atoms with Crippen molar-refractivity contribution >= 4 is 18.7 Å². The molecule has 0 aromatic heterocycles. The minimum atomic E-state index is -2.56. The highest BCUT2D eigenvalue weighted by molar-refractivity contribution is 6.99. The van der Waals surface area contributed by atoms with Gasteiger partial charge in [0.15, 0.2) is 0 Å². The van der Waals surface area contributed by atoms with Gasteiger partial charge in [-0.3, -0.25) is 0 Å². The van der Waals surface area contributed by atoms with Crippen molar-refractivity contribution in [1.82, 2.24) is 0 Å². The van der Waals surface area contributed by atoms with Crippen molar-refractivity contribution < 1.29 is 14.3 Å². The molecule has 0 unspecified atom stereocenters. The Morgan fingerprint density at radius 1 is 0.789 bits per heavy atom. The van der Waals surface area contributed by atoms with Gasteiger partial charge in [-0.1, -0.05) is 153 Å². The third kappa shape index (κ3) is 8.77. The van der Waals surface area contributed by atoms with Gasteiger partial charge >= 0.3 is 0 Å². The number of rotatable bonds is 17. The Morgan fingerprint density at radius 3 is 1.79 bits per heavy atom. The third-order valence-corrected chi connectivity index (χ3v) is 13.3. The van der Waals surface area contributed by atoms with Crippen molar-refractivity contribution in [2.75, 3.05) is 6.61 Å². The number of hydrogen-bond donors (Lipinski definition) is 1. The number of ether oxygens (including phenoxy) is 1. The SMILES string of the molecule is CCCCCCCCCCCC[C@@H](O)[C@H]1CC[C@H](CO[Si](c2ccccc2)(c2ccccc2)C(C)(C)C)O1. The summed E-state index contributed by atoms with van der Waals surface area (Å²) < 4.78 is 13.5. The van der Waals surface area contributed by atoms with Crippen molar-refractivity contribution in [2.24, 2.45) is 0 Å². The molecule has 0 saturated carbocycles. The first kappa shape index (κ1) is 31.1. The first-order valence-electron chi connectivity index (χ1n) is 15.5. The van der Waals surface area contributed by atoms with E-state index in [2.05, 4.69) is 88.4 Å². The van der Waals surface area contributed by atoms with Crippen LogP contribution in [0.5, 0.6) is 0 Å². The highest BCUT2D eigenvalue weighted by atomic mass is 28.4. The predicted molar refractivity (Wildman–Crippen MR) is 164 cm³/mol. The second-order valence-electron chi connectivity index (χ2n) is 12.4. The van der Waals surface area contributed by atoms with E-state index in [4.69, 9.17) is 9.16 Å². The molecule has 3 nitrogen and oxygen atoms in total. The normalized spacial score (nSPS) is 19.1. The molecule has 38 heavy (non-hydrogen) atoms. The van der Waals surface area contributed by atoms with Crippen LogP contribution < -0.4 is 10.4 Å².